The highest BCUT2D eigenvalue weighted by Crippen LogP contribution is 2.35. The number of fused-ring (bicyclic) bond motifs is 1. The van der Waals surface area contributed by atoms with Crippen LogP contribution in [0.1, 0.15) is 57.8 Å². The molecule has 6 rings (SSSR count). The number of nitrogens with zero attached hydrogens (tertiary/aromatic N) is 4. The van der Waals surface area contributed by atoms with Crippen LogP contribution in [0.15, 0.2) is 71.4 Å². The summed E-state index contributed by atoms with van der Waals surface area (Å²) in [4.78, 5) is 45.2. The summed E-state index contributed by atoms with van der Waals surface area (Å²) in [5.74, 6) is -0.496. The number of nitrogens with one attached hydrogen (secondary N) is 1. The number of thiophene rings is 1. The SMILES string of the molecule is C[C@H](c1cc(-c2ccccc2)n[nH]1)N(C)C(=O)C1CCN(c2cccc3c2C(=O)N(Cc2ccsc2)C3=O)CC1. The molecule has 2 aromatic carbocycles. The van der Waals surface area contributed by atoms with Crippen molar-refractivity contribution in [3.63, 3.8) is 0 Å². The largest absolute Gasteiger partial charge is 0.371 e. The van der Waals surface area contributed by atoms with Crippen LogP contribution in [0.2, 0.25) is 0 Å². The van der Waals surface area contributed by atoms with Crippen molar-refractivity contribution in [3.8, 4) is 11.3 Å². The molecule has 0 spiro atoms. The van der Waals surface area contributed by atoms with Gasteiger partial charge in [0.15, 0.2) is 0 Å². The third-order valence-electron chi connectivity index (χ3n) is 8.13. The number of hydrogen-bond donors (Lipinski definition) is 1. The van der Waals surface area contributed by atoms with Crippen LogP contribution >= 0.6 is 11.3 Å². The molecule has 8 nitrogen and oxygen atoms in total. The van der Waals surface area contributed by atoms with Gasteiger partial charge in [-0.3, -0.25) is 24.4 Å². The van der Waals surface area contributed by atoms with E-state index in [9.17, 15) is 14.4 Å². The molecule has 1 saturated heterocycles. The van der Waals surface area contributed by atoms with E-state index in [1.165, 1.54) is 4.90 Å². The molecule has 0 bridgehead atoms. The lowest BCUT2D eigenvalue weighted by Crippen LogP contribution is -2.42. The summed E-state index contributed by atoms with van der Waals surface area (Å²) in [5, 5.41) is 11.5. The molecule has 0 saturated carbocycles. The number of rotatable bonds is 7. The average Bonchev–Trinajstić information content (AvgIpc) is 3.75. The van der Waals surface area contributed by atoms with E-state index in [2.05, 4.69) is 15.1 Å². The maximum absolute atomic E-state index is 13.5. The van der Waals surface area contributed by atoms with Gasteiger partial charge in [-0.25, -0.2) is 0 Å². The van der Waals surface area contributed by atoms with Gasteiger partial charge in [0.05, 0.1) is 40.8 Å². The van der Waals surface area contributed by atoms with E-state index in [-0.39, 0.29) is 36.2 Å². The maximum atomic E-state index is 13.5. The molecule has 2 aliphatic heterocycles. The third-order valence-corrected chi connectivity index (χ3v) is 8.86. The lowest BCUT2D eigenvalue weighted by Gasteiger charge is -2.36. The molecule has 9 heteroatoms. The van der Waals surface area contributed by atoms with E-state index in [4.69, 9.17) is 0 Å². The van der Waals surface area contributed by atoms with Gasteiger partial charge in [0.25, 0.3) is 11.8 Å². The van der Waals surface area contributed by atoms with Gasteiger partial charge in [-0.05, 0) is 60.4 Å². The Kier molecular flexibility index (Phi) is 6.98. The Morgan fingerprint density at radius 2 is 1.85 bits per heavy atom. The first kappa shape index (κ1) is 26.0. The van der Waals surface area contributed by atoms with Gasteiger partial charge >= 0.3 is 0 Å². The van der Waals surface area contributed by atoms with Crippen molar-refractivity contribution in [2.24, 2.45) is 5.92 Å². The molecule has 0 unspecified atom stereocenters. The van der Waals surface area contributed by atoms with Crippen LogP contribution in [-0.4, -0.2) is 57.9 Å². The van der Waals surface area contributed by atoms with E-state index >= 15 is 0 Å². The van der Waals surface area contributed by atoms with Crippen LogP contribution in [0.25, 0.3) is 11.3 Å². The molecular weight excluding hydrogens is 522 g/mol. The first-order chi connectivity index (χ1) is 19.4. The second-order valence-corrected chi connectivity index (χ2v) is 11.3. The molecule has 3 amide bonds. The predicted octanol–water partition coefficient (Wildman–Crippen LogP) is 5.37. The zero-order valence-corrected chi connectivity index (χ0v) is 23.4. The topological polar surface area (TPSA) is 89.6 Å². The summed E-state index contributed by atoms with van der Waals surface area (Å²) in [5.41, 5.74) is 5.44. The average molecular weight is 554 g/mol. The number of H-pyrrole nitrogens is 1. The van der Waals surface area contributed by atoms with E-state index in [1.807, 2.05) is 79.3 Å². The summed E-state index contributed by atoms with van der Waals surface area (Å²) in [6, 6.07) is 19.2. The summed E-state index contributed by atoms with van der Waals surface area (Å²) < 4.78 is 0. The molecule has 1 fully saturated rings. The number of piperidine rings is 1. The molecule has 2 aliphatic rings. The quantitative estimate of drug-likeness (QED) is 0.311. The maximum Gasteiger partial charge on any atom is 0.263 e. The highest BCUT2D eigenvalue weighted by Gasteiger charge is 2.39. The molecule has 1 N–H and O–H groups in total. The van der Waals surface area contributed by atoms with Crippen molar-refractivity contribution < 1.29 is 14.4 Å². The van der Waals surface area contributed by atoms with E-state index in [0.717, 1.165) is 28.2 Å². The Balaban J connectivity index is 1.11. The van der Waals surface area contributed by atoms with Crippen molar-refractivity contribution in [1.29, 1.82) is 0 Å². The number of amides is 3. The summed E-state index contributed by atoms with van der Waals surface area (Å²) >= 11 is 1.55. The van der Waals surface area contributed by atoms with Crippen molar-refractivity contribution >= 4 is 34.7 Å². The minimum atomic E-state index is -0.247. The highest BCUT2D eigenvalue weighted by molar-refractivity contribution is 7.07. The third kappa shape index (κ3) is 4.70. The molecule has 0 aliphatic carbocycles. The first-order valence-corrected chi connectivity index (χ1v) is 14.5. The number of anilines is 1. The second-order valence-electron chi connectivity index (χ2n) is 10.5. The molecule has 40 heavy (non-hydrogen) atoms. The van der Waals surface area contributed by atoms with E-state index in [0.29, 0.717) is 37.1 Å². The zero-order chi connectivity index (χ0) is 27.8. The fourth-order valence-corrected chi connectivity index (χ4v) is 6.31. The Morgan fingerprint density at radius 3 is 2.58 bits per heavy atom. The molecule has 2 aromatic heterocycles. The molecular formula is C31H31N5O3S. The van der Waals surface area contributed by atoms with Gasteiger partial charge in [0.2, 0.25) is 5.91 Å². The van der Waals surface area contributed by atoms with E-state index in [1.54, 1.807) is 22.3 Å². The number of aromatic nitrogens is 2. The van der Waals surface area contributed by atoms with Crippen LogP contribution < -0.4 is 4.90 Å². The smallest absolute Gasteiger partial charge is 0.263 e. The molecule has 1 atom stereocenters. The van der Waals surface area contributed by atoms with Crippen LogP contribution in [0.3, 0.4) is 0 Å². The monoisotopic (exact) mass is 553 g/mol. The fraction of sp³-hybridized carbons (Fsp3) is 0.290. The van der Waals surface area contributed by atoms with Gasteiger partial charge in [0.1, 0.15) is 0 Å². The summed E-state index contributed by atoms with van der Waals surface area (Å²) in [7, 11) is 1.85. The van der Waals surface area contributed by atoms with E-state index < -0.39 is 0 Å². The molecule has 204 valence electrons. The standard InChI is InChI=1S/C31H31N5O3S/c1-20(25-17-26(33-32-25)22-7-4-3-5-8-22)34(2)29(37)23-11-14-35(15-12-23)27-10-6-9-24-28(27)31(39)36(30(24)38)18-21-13-16-40-19-21/h3-10,13,16-17,19-20,23H,11-12,14-15,18H2,1-2H3,(H,32,33)/t20-/m1/s1. The minimum Gasteiger partial charge on any atom is -0.371 e. The van der Waals surface area contributed by atoms with Crippen molar-refractivity contribution in [1.82, 2.24) is 20.0 Å². The lowest BCUT2D eigenvalue weighted by molar-refractivity contribution is -0.136. The number of aromatic amines is 1. The number of carbonyl (C=O) groups excluding carboxylic acids is 3. The molecule has 4 heterocycles. The number of imide groups is 1. The highest BCUT2D eigenvalue weighted by atomic mass is 32.1. The van der Waals surface area contributed by atoms with Gasteiger partial charge < -0.3 is 9.80 Å². The fourth-order valence-electron chi connectivity index (χ4n) is 5.65. The molecule has 4 aromatic rings. The molecule has 0 radical (unpaired) electrons. The first-order valence-electron chi connectivity index (χ1n) is 13.5. The second kappa shape index (κ2) is 10.7. The lowest BCUT2D eigenvalue weighted by atomic mass is 9.93. The minimum absolute atomic E-state index is 0.106. The van der Waals surface area contributed by atoms with Crippen molar-refractivity contribution in [2.45, 2.75) is 32.4 Å². The Hall–Kier alpha value is -4.24. The Morgan fingerprint density at radius 1 is 1.07 bits per heavy atom. The summed E-state index contributed by atoms with van der Waals surface area (Å²) in [6.45, 7) is 3.57. The van der Waals surface area contributed by atoms with Gasteiger partial charge in [-0.1, -0.05) is 36.4 Å². The summed E-state index contributed by atoms with van der Waals surface area (Å²) in [6.07, 6.45) is 1.36. The van der Waals surface area contributed by atoms with Crippen LogP contribution in [0.5, 0.6) is 0 Å². The zero-order valence-electron chi connectivity index (χ0n) is 22.5. The predicted molar refractivity (Wildman–Crippen MR) is 155 cm³/mol. The van der Waals surface area contributed by atoms with Crippen LogP contribution in [0, 0.1) is 5.92 Å². The number of hydrogen-bond acceptors (Lipinski definition) is 6. The van der Waals surface area contributed by atoms with Crippen LogP contribution in [0.4, 0.5) is 5.69 Å². The van der Waals surface area contributed by atoms with Crippen LogP contribution in [-0.2, 0) is 11.3 Å². The Bertz CT molecular complexity index is 1540. The van der Waals surface area contributed by atoms with Gasteiger partial charge in [0, 0.05) is 31.6 Å². The Labute approximate surface area is 237 Å². The van der Waals surface area contributed by atoms with Gasteiger partial charge in [-0.15, -0.1) is 0 Å². The van der Waals surface area contributed by atoms with Crippen molar-refractivity contribution in [2.75, 3.05) is 25.0 Å². The van der Waals surface area contributed by atoms with Gasteiger partial charge in [-0.2, -0.15) is 16.4 Å². The van der Waals surface area contributed by atoms with Crippen molar-refractivity contribution in [3.05, 3.63) is 93.8 Å². The number of carbonyl (C=O) groups is 3. The number of benzene rings is 2. The normalized spacial score (nSPS) is 16.4.